The van der Waals surface area contributed by atoms with E-state index in [1.54, 1.807) is 0 Å². The number of ether oxygens (including phenoxy) is 1. The lowest BCUT2D eigenvalue weighted by atomic mass is 10.4. The molecule has 3 nitrogen and oxygen atoms in total. The standard InChI is InChI=1S/C9H20N2O/c10-4-9-12-8-3-7-11-5-1-2-6-11/h1-10H2. The van der Waals surface area contributed by atoms with Crippen molar-refractivity contribution >= 4 is 0 Å². The van der Waals surface area contributed by atoms with Crippen LogP contribution in [0.1, 0.15) is 19.3 Å². The summed E-state index contributed by atoms with van der Waals surface area (Å²) in [6.45, 7) is 6.00. The van der Waals surface area contributed by atoms with E-state index in [9.17, 15) is 0 Å². The van der Waals surface area contributed by atoms with Crippen molar-refractivity contribution in [2.45, 2.75) is 19.3 Å². The number of nitrogens with two attached hydrogens (primary N) is 1. The normalized spacial score (nSPS) is 18.8. The molecule has 0 aliphatic carbocycles. The summed E-state index contributed by atoms with van der Waals surface area (Å²) in [5.41, 5.74) is 5.30. The number of nitrogens with zero attached hydrogens (tertiary/aromatic N) is 1. The zero-order valence-electron chi connectivity index (χ0n) is 7.80. The third-order valence-electron chi connectivity index (χ3n) is 2.22. The first-order chi connectivity index (χ1) is 5.93. The molecule has 2 N–H and O–H groups in total. The second-order valence-electron chi connectivity index (χ2n) is 3.30. The third-order valence-corrected chi connectivity index (χ3v) is 2.22. The quantitative estimate of drug-likeness (QED) is 0.591. The van der Waals surface area contributed by atoms with E-state index in [1.165, 1.54) is 32.5 Å². The second kappa shape index (κ2) is 6.40. The molecule has 0 bridgehead atoms. The fourth-order valence-electron chi connectivity index (χ4n) is 1.58. The summed E-state index contributed by atoms with van der Waals surface area (Å²) in [7, 11) is 0. The van der Waals surface area contributed by atoms with E-state index < -0.39 is 0 Å². The van der Waals surface area contributed by atoms with Gasteiger partial charge in [0.15, 0.2) is 0 Å². The maximum atomic E-state index is 5.30. The summed E-state index contributed by atoms with van der Waals surface area (Å²) in [4.78, 5) is 2.51. The predicted molar refractivity (Wildman–Crippen MR) is 50.2 cm³/mol. The highest BCUT2D eigenvalue weighted by Crippen LogP contribution is 2.06. The minimum absolute atomic E-state index is 0.643. The molecule has 12 heavy (non-hydrogen) atoms. The van der Waals surface area contributed by atoms with Gasteiger partial charge in [-0.3, -0.25) is 0 Å². The van der Waals surface area contributed by atoms with Gasteiger partial charge in [0.25, 0.3) is 0 Å². The molecule has 1 rings (SSSR count). The van der Waals surface area contributed by atoms with E-state index in [-0.39, 0.29) is 0 Å². The molecule has 0 saturated carbocycles. The van der Waals surface area contributed by atoms with Gasteiger partial charge in [-0.1, -0.05) is 0 Å². The van der Waals surface area contributed by atoms with E-state index in [2.05, 4.69) is 4.90 Å². The lowest BCUT2D eigenvalue weighted by Crippen LogP contribution is -2.21. The molecule has 1 saturated heterocycles. The summed E-state index contributed by atoms with van der Waals surface area (Å²) in [6.07, 6.45) is 3.91. The average Bonchev–Trinajstić information content (AvgIpc) is 2.57. The number of rotatable bonds is 6. The molecule has 0 aromatic carbocycles. The van der Waals surface area contributed by atoms with Crippen LogP contribution in [-0.4, -0.2) is 44.3 Å². The minimum Gasteiger partial charge on any atom is -0.380 e. The van der Waals surface area contributed by atoms with Gasteiger partial charge in [-0.25, -0.2) is 0 Å². The highest BCUT2D eigenvalue weighted by molar-refractivity contribution is 4.65. The molecule has 0 aromatic heterocycles. The Kier molecular flexibility index (Phi) is 5.32. The Morgan fingerprint density at radius 2 is 1.92 bits per heavy atom. The van der Waals surface area contributed by atoms with Crippen molar-refractivity contribution in [3.05, 3.63) is 0 Å². The Morgan fingerprint density at radius 3 is 2.58 bits per heavy atom. The first-order valence-corrected chi connectivity index (χ1v) is 4.93. The molecule has 3 heteroatoms. The zero-order valence-corrected chi connectivity index (χ0v) is 7.80. The lowest BCUT2D eigenvalue weighted by molar-refractivity contribution is 0.130. The van der Waals surface area contributed by atoms with Crippen LogP contribution in [-0.2, 0) is 4.74 Å². The van der Waals surface area contributed by atoms with E-state index in [1.807, 2.05) is 0 Å². The maximum absolute atomic E-state index is 5.30. The van der Waals surface area contributed by atoms with Crippen LogP contribution in [0.3, 0.4) is 0 Å². The van der Waals surface area contributed by atoms with Gasteiger partial charge in [0.1, 0.15) is 0 Å². The second-order valence-corrected chi connectivity index (χ2v) is 3.30. The molecule has 0 amide bonds. The van der Waals surface area contributed by atoms with Gasteiger partial charge in [0, 0.05) is 19.7 Å². The van der Waals surface area contributed by atoms with Gasteiger partial charge >= 0.3 is 0 Å². The largest absolute Gasteiger partial charge is 0.380 e. The Hall–Kier alpha value is -0.120. The molecular weight excluding hydrogens is 152 g/mol. The van der Waals surface area contributed by atoms with Crippen molar-refractivity contribution in [3.63, 3.8) is 0 Å². The Balaban J connectivity index is 1.81. The van der Waals surface area contributed by atoms with Crippen molar-refractivity contribution in [2.75, 3.05) is 39.4 Å². The molecular formula is C9H20N2O. The molecule has 0 atom stereocenters. The van der Waals surface area contributed by atoms with Crippen LogP contribution >= 0.6 is 0 Å². The minimum atomic E-state index is 0.643. The summed E-state index contributed by atoms with van der Waals surface area (Å²) < 4.78 is 5.29. The van der Waals surface area contributed by atoms with Crippen molar-refractivity contribution in [1.82, 2.24) is 4.90 Å². The van der Waals surface area contributed by atoms with Crippen LogP contribution in [0.5, 0.6) is 0 Å². The Morgan fingerprint density at radius 1 is 1.17 bits per heavy atom. The van der Waals surface area contributed by atoms with E-state index in [4.69, 9.17) is 10.5 Å². The first-order valence-electron chi connectivity index (χ1n) is 4.93. The molecule has 0 spiro atoms. The maximum Gasteiger partial charge on any atom is 0.0588 e. The Bertz CT molecular complexity index is 103. The topological polar surface area (TPSA) is 38.5 Å². The van der Waals surface area contributed by atoms with Crippen LogP contribution in [0, 0.1) is 0 Å². The van der Waals surface area contributed by atoms with E-state index >= 15 is 0 Å². The molecule has 72 valence electrons. The summed E-state index contributed by atoms with van der Waals surface area (Å²) >= 11 is 0. The SMILES string of the molecule is NCCOCCCN1CCCC1. The van der Waals surface area contributed by atoms with Crippen LogP contribution in [0.25, 0.3) is 0 Å². The number of likely N-dealkylation sites (tertiary alicyclic amines) is 1. The highest BCUT2D eigenvalue weighted by atomic mass is 16.5. The molecule has 1 heterocycles. The summed E-state index contributed by atoms with van der Waals surface area (Å²) in [6, 6.07) is 0. The number of hydrogen-bond acceptors (Lipinski definition) is 3. The van der Waals surface area contributed by atoms with Crippen LogP contribution < -0.4 is 5.73 Å². The molecule has 0 aromatic rings. The van der Waals surface area contributed by atoms with Gasteiger partial charge < -0.3 is 15.4 Å². The van der Waals surface area contributed by atoms with Gasteiger partial charge in [-0.15, -0.1) is 0 Å². The van der Waals surface area contributed by atoms with E-state index in [0.29, 0.717) is 13.2 Å². The first kappa shape index (κ1) is 9.96. The van der Waals surface area contributed by atoms with Gasteiger partial charge in [0.2, 0.25) is 0 Å². The molecule has 1 aliphatic rings. The predicted octanol–water partition coefficient (Wildman–Crippen LogP) is 0.448. The number of hydrogen-bond donors (Lipinski definition) is 1. The van der Waals surface area contributed by atoms with Crippen molar-refractivity contribution in [1.29, 1.82) is 0 Å². The molecule has 1 aliphatic heterocycles. The third kappa shape index (κ3) is 4.04. The van der Waals surface area contributed by atoms with Crippen molar-refractivity contribution in [2.24, 2.45) is 5.73 Å². The van der Waals surface area contributed by atoms with Crippen LogP contribution in [0.15, 0.2) is 0 Å². The molecule has 0 radical (unpaired) electrons. The fourth-order valence-corrected chi connectivity index (χ4v) is 1.58. The molecule has 0 unspecified atom stereocenters. The summed E-state index contributed by atoms with van der Waals surface area (Å²) in [5, 5.41) is 0. The average molecular weight is 172 g/mol. The summed E-state index contributed by atoms with van der Waals surface area (Å²) in [5.74, 6) is 0. The monoisotopic (exact) mass is 172 g/mol. The van der Waals surface area contributed by atoms with Crippen LogP contribution in [0.2, 0.25) is 0 Å². The van der Waals surface area contributed by atoms with Gasteiger partial charge in [-0.05, 0) is 32.4 Å². The fraction of sp³-hybridized carbons (Fsp3) is 1.00. The Labute approximate surface area is 74.9 Å². The van der Waals surface area contributed by atoms with Gasteiger partial charge in [0.05, 0.1) is 6.61 Å². The van der Waals surface area contributed by atoms with E-state index in [0.717, 1.165) is 13.0 Å². The van der Waals surface area contributed by atoms with Crippen molar-refractivity contribution in [3.8, 4) is 0 Å². The smallest absolute Gasteiger partial charge is 0.0588 e. The van der Waals surface area contributed by atoms with Crippen LogP contribution in [0.4, 0.5) is 0 Å². The zero-order chi connectivity index (χ0) is 8.65. The molecule has 1 fully saturated rings. The van der Waals surface area contributed by atoms with Gasteiger partial charge in [-0.2, -0.15) is 0 Å². The van der Waals surface area contributed by atoms with Crippen molar-refractivity contribution < 1.29 is 4.74 Å². The highest BCUT2D eigenvalue weighted by Gasteiger charge is 2.09. The lowest BCUT2D eigenvalue weighted by Gasteiger charge is -2.13.